The summed E-state index contributed by atoms with van der Waals surface area (Å²) in [4.78, 5) is 8.06. The summed E-state index contributed by atoms with van der Waals surface area (Å²) in [6.45, 7) is 2.87. The fourth-order valence-electron chi connectivity index (χ4n) is 1.76. The maximum absolute atomic E-state index is 5.57. The topological polar surface area (TPSA) is 63.8 Å². The van der Waals surface area contributed by atoms with Crippen LogP contribution in [0, 0.1) is 0 Å². The summed E-state index contributed by atoms with van der Waals surface area (Å²) in [5, 5.41) is 3.27. The minimum atomic E-state index is 0.268. The lowest BCUT2D eigenvalue weighted by atomic mass is 10.1. The second-order valence-electron chi connectivity index (χ2n) is 3.90. The van der Waals surface area contributed by atoms with Crippen LogP contribution in [0.2, 0.25) is 0 Å². The molecule has 94 valence electrons. The van der Waals surface area contributed by atoms with Crippen LogP contribution in [0.3, 0.4) is 0 Å². The first kappa shape index (κ1) is 12.8. The zero-order chi connectivity index (χ0) is 13.0. The van der Waals surface area contributed by atoms with E-state index in [2.05, 4.69) is 56.3 Å². The van der Waals surface area contributed by atoms with Gasteiger partial charge in [-0.2, -0.15) is 4.98 Å². The van der Waals surface area contributed by atoms with E-state index in [9.17, 15) is 0 Å². The fraction of sp³-hybridized carbons (Fsp3) is 0.231. The number of nitrogens with one attached hydrogen (secondary N) is 1. The van der Waals surface area contributed by atoms with Gasteiger partial charge in [0.2, 0.25) is 5.95 Å². The molecule has 0 unspecified atom stereocenters. The molecule has 18 heavy (non-hydrogen) atoms. The Balaban J connectivity index is 2.14. The number of aryl methyl sites for hydroxylation is 1. The van der Waals surface area contributed by atoms with Gasteiger partial charge in [-0.1, -0.05) is 31.2 Å². The van der Waals surface area contributed by atoms with Crippen LogP contribution < -0.4 is 11.1 Å². The average Bonchev–Trinajstić information content (AvgIpc) is 2.40. The normalized spacial score (nSPS) is 10.3. The molecule has 0 aliphatic carbocycles. The third kappa shape index (κ3) is 2.98. The van der Waals surface area contributed by atoms with Crippen molar-refractivity contribution < 1.29 is 0 Å². The van der Waals surface area contributed by atoms with Gasteiger partial charge >= 0.3 is 0 Å². The minimum Gasteiger partial charge on any atom is -0.368 e. The third-order valence-corrected chi connectivity index (χ3v) is 3.29. The van der Waals surface area contributed by atoms with Crippen LogP contribution in [0.25, 0.3) is 0 Å². The highest BCUT2D eigenvalue weighted by molar-refractivity contribution is 9.10. The Morgan fingerprint density at radius 3 is 2.72 bits per heavy atom. The van der Waals surface area contributed by atoms with E-state index >= 15 is 0 Å². The molecule has 2 aromatic rings. The maximum Gasteiger partial charge on any atom is 0.221 e. The second-order valence-corrected chi connectivity index (χ2v) is 4.75. The van der Waals surface area contributed by atoms with Gasteiger partial charge in [0.25, 0.3) is 0 Å². The van der Waals surface area contributed by atoms with Crippen LogP contribution in [0.4, 0.5) is 11.8 Å². The molecule has 1 heterocycles. The van der Waals surface area contributed by atoms with Gasteiger partial charge in [0.15, 0.2) is 0 Å². The first-order chi connectivity index (χ1) is 8.70. The maximum atomic E-state index is 5.57. The molecule has 0 aliphatic rings. The Labute approximate surface area is 115 Å². The van der Waals surface area contributed by atoms with Gasteiger partial charge in [-0.05, 0) is 33.5 Å². The summed E-state index contributed by atoms with van der Waals surface area (Å²) in [6.07, 6.45) is 2.67. The molecule has 0 saturated heterocycles. The Kier molecular flexibility index (Phi) is 4.15. The van der Waals surface area contributed by atoms with Gasteiger partial charge in [-0.15, -0.1) is 0 Å². The molecule has 0 spiro atoms. The third-order valence-electron chi connectivity index (χ3n) is 2.71. The fourth-order valence-corrected chi connectivity index (χ4v) is 2.09. The molecule has 1 aromatic heterocycles. The summed E-state index contributed by atoms with van der Waals surface area (Å²) in [7, 11) is 0. The molecule has 0 radical (unpaired) electrons. The number of hydrogen-bond donors (Lipinski definition) is 2. The van der Waals surface area contributed by atoms with Gasteiger partial charge in [-0.3, -0.25) is 0 Å². The van der Waals surface area contributed by atoms with Crippen molar-refractivity contribution in [1.82, 2.24) is 9.97 Å². The number of hydrogen-bond acceptors (Lipinski definition) is 4. The Morgan fingerprint density at radius 2 is 2.00 bits per heavy atom. The van der Waals surface area contributed by atoms with Gasteiger partial charge < -0.3 is 11.1 Å². The number of nitrogen functional groups attached to an aromatic ring is 1. The van der Waals surface area contributed by atoms with Crippen molar-refractivity contribution in [3.8, 4) is 0 Å². The molecule has 0 aliphatic heterocycles. The molecule has 0 atom stereocenters. The van der Waals surface area contributed by atoms with E-state index in [1.165, 1.54) is 11.1 Å². The van der Waals surface area contributed by atoms with Crippen molar-refractivity contribution in [3.05, 3.63) is 46.1 Å². The van der Waals surface area contributed by atoms with Gasteiger partial charge in [0.1, 0.15) is 5.82 Å². The Bertz CT molecular complexity index is 542. The molecular formula is C13H15BrN4. The highest BCUT2D eigenvalue weighted by Gasteiger charge is 2.04. The van der Waals surface area contributed by atoms with Crippen LogP contribution in [-0.4, -0.2) is 9.97 Å². The highest BCUT2D eigenvalue weighted by atomic mass is 79.9. The number of halogens is 1. The smallest absolute Gasteiger partial charge is 0.221 e. The molecule has 0 fully saturated rings. The Morgan fingerprint density at radius 1 is 1.28 bits per heavy atom. The lowest BCUT2D eigenvalue weighted by Gasteiger charge is -2.10. The zero-order valence-electron chi connectivity index (χ0n) is 10.2. The van der Waals surface area contributed by atoms with E-state index in [1.807, 2.05) is 6.07 Å². The largest absolute Gasteiger partial charge is 0.368 e. The summed E-state index contributed by atoms with van der Waals surface area (Å²) in [5.74, 6) is 0.984. The first-order valence-electron chi connectivity index (χ1n) is 5.79. The van der Waals surface area contributed by atoms with Crippen LogP contribution >= 0.6 is 15.9 Å². The molecular weight excluding hydrogens is 292 g/mol. The molecule has 2 rings (SSSR count). The molecule has 0 bridgehead atoms. The SMILES string of the molecule is CCc1ccccc1CNc1nc(N)ncc1Br. The van der Waals surface area contributed by atoms with Crippen molar-refractivity contribution in [3.63, 3.8) is 0 Å². The number of rotatable bonds is 4. The van der Waals surface area contributed by atoms with Crippen molar-refractivity contribution in [2.75, 3.05) is 11.1 Å². The quantitative estimate of drug-likeness (QED) is 0.911. The van der Waals surface area contributed by atoms with E-state index < -0.39 is 0 Å². The Hall–Kier alpha value is -1.62. The van der Waals surface area contributed by atoms with Crippen molar-refractivity contribution in [2.24, 2.45) is 0 Å². The molecule has 3 N–H and O–H groups in total. The summed E-state index contributed by atoms with van der Waals surface area (Å²) in [6, 6.07) is 8.35. The van der Waals surface area contributed by atoms with Gasteiger partial charge in [0, 0.05) is 12.7 Å². The second kappa shape index (κ2) is 5.82. The zero-order valence-corrected chi connectivity index (χ0v) is 11.7. The standard InChI is InChI=1S/C13H15BrN4/c1-2-9-5-3-4-6-10(9)7-16-12-11(14)8-17-13(15)18-12/h3-6,8H,2,7H2,1H3,(H3,15,16,17,18). The van der Waals surface area contributed by atoms with E-state index in [1.54, 1.807) is 6.20 Å². The lowest BCUT2D eigenvalue weighted by molar-refractivity contribution is 1.02. The van der Waals surface area contributed by atoms with E-state index in [-0.39, 0.29) is 5.95 Å². The average molecular weight is 307 g/mol. The monoisotopic (exact) mass is 306 g/mol. The number of aromatic nitrogens is 2. The summed E-state index contributed by atoms with van der Waals surface area (Å²) >= 11 is 3.40. The first-order valence-corrected chi connectivity index (χ1v) is 6.58. The molecule has 1 aromatic carbocycles. The predicted octanol–water partition coefficient (Wildman–Crippen LogP) is 3.00. The van der Waals surface area contributed by atoms with Crippen molar-refractivity contribution in [2.45, 2.75) is 19.9 Å². The molecule has 4 nitrogen and oxygen atoms in total. The van der Waals surface area contributed by atoms with Crippen LogP contribution in [0.1, 0.15) is 18.1 Å². The van der Waals surface area contributed by atoms with E-state index in [4.69, 9.17) is 5.73 Å². The van der Waals surface area contributed by atoms with Crippen molar-refractivity contribution in [1.29, 1.82) is 0 Å². The number of nitrogens with two attached hydrogens (primary N) is 1. The number of benzene rings is 1. The van der Waals surface area contributed by atoms with Crippen LogP contribution in [-0.2, 0) is 13.0 Å². The molecule has 0 saturated carbocycles. The van der Waals surface area contributed by atoms with E-state index in [0.29, 0.717) is 5.82 Å². The highest BCUT2D eigenvalue weighted by Crippen LogP contribution is 2.20. The van der Waals surface area contributed by atoms with Crippen LogP contribution in [0.15, 0.2) is 34.9 Å². The summed E-state index contributed by atoms with van der Waals surface area (Å²) in [5.41, 5.74) is 8.17. The molecule has 5 heteroatoms. The van der Waals surface area contributed by atoms with Crippen molar-refractivity contribution >= 4 is 27.7 Å². The van der Waals surface area contributed by atoms with Crippen LogP contribution in [0.5, 0.6) is 0 Å². The number of anilines is 2. The lowest BCUT2D eigenvalue weighted by Crippen LogP contribution is -2.06. The van der Waals surface area contributed by atoms with Gasteiger partial charge in [-0.25, -0.2) is 4.98 Å². The molecule has 0 amide bonds. The van der Waals surface area contributed by atoms with Gasteiger partial charge in [0.05, 0.1) is 4.47 Å². The minimum absolute atomic E-state index is 0.268. The summed E-state index contributed by atoms with van der Waals surface area (Å²) < 4.78 is 0.811. The van der Waals surface area contributed by atoms with E-state index in [0.717, 1.165) is 17.4 Å². The predicted molar refractivity (Wildman–Crippen MR) is 77.3 cm³/mol. The number of nitrogens with zero attached hydrogens (tertiary/aromatic N) is 2.